The first kappa shape index (κ1) is 10.6. The van der Waals surface area contributed by atoms with E-state index in [-0.39, 0.29) is 5.41 Å². The number of nitrogens with zero attached hydrogens (tertiary/aromatic N) is 1. The Morgan fingerprint density at radius 3 is 2.64 bits per heavy atom. The van der Waals surface area contributed by atoms with Crippen molar-refractivity contribution in [1.82, 2.24) is 0 Å². The topological polar surface area (TPSA) is 33.0 Å². The van der Waals surface area contributed by atoms with Gasteiger partial charge in [-0.1, -0.05) is 26.8 Å². The molecule has 0 saturated carbocycles. The fourth-order valence-electron chi connectivity index (χ4n) is 0.955. The van der Waals surface area contributed by atoms with E-state index in [2.05, 4.69) is 26.8 Å². The molecule has 0 unspecified atom stereocenters. The zero-order valence-corrected chi connectivity index (χ0v) is 8.87. The Morgan fingerprint density at radius 1 is 1.36 bits per heavy atom. The molecule has 0 fully saturated rings. The smallest absolute Gasteiger partial charge is 0.120 e. The molecule has 1 aromatic carbocycles. The van der Waals surface area contributed by atoms with Crippen molar-refractivity contribution in [2.24, 2.45) is 5.41 Å². The van der Waals surface area contributed by atoms with Gasteiger partial charge < -0.3 is 4.74 Å². The molecule has 0 bridgehead atoms. The molecule has 0 atom stereocenters. The molecule has 0 heterocycles. The van der Waals surface area contributed by atoms with Crippen LogP contribution < -0.4 is 4.74 Å². The Balaban J connectivity index is 2.65. The van der Waals surface area contributed by atoms with Crippen LogP contribution in [0.1, 0.15) is 26.3 Å². The lowest BCUT2D eigenvalue weighted by Crippen LogP contribution is -2.16. The number of ether oxygens (including phenoxy) is 1. The summed E-state index contributed by atoms with van der Waals surface area (Å²) in [6, 6.07) is 9.31. The molecule has 2 heteroatoms. The zero-order valence-electron chi connectivity index (χ0n) is 8.87. The van der Waals surface area contributed by atoms with Crippen LogP contribution >= 0.6 is 0 Å². The summed E-state index contributed by atoms with van der Waals surface area (Å²) in [6.45, 7) is 6.99. The van der Waals surface area contributed by atoms with Crippen molar-refractivity contribution in [3.8, 4) is 11.8 Å². The molecule has 0 aliphatic carbocycles. The molecule has 0 spiro atoms. The SMILES string of the molecule is CC(C)(C)COc1cccc(C#N)c1. The molecule has 0 aromatic heterocycles. The molecule has 0 saturated heterocycles. The van der Waals surface area contributed by atoms with E-state index in [1.54, 1.807) is 12.1 Å². The highest BCUT2D eigenvalue weighted by Gasteiger charge is 2.10. The maximum Gasteiger partial charge on any atom is 0.120 e. The third-order valence-electron chi connectivity index (χ3n) is 1.63. The molecule has 1 rings (SSSR count). The maximum absolute atomic E-state index is 8.68. The molecule has 1 aromatic rings. The van der Waals surface area contributed by atoms with Crippen LogP contribution in [0.3, 0.4) is 0 Å². The Kier molecular flexibility index (Phi) is 3.14. The molecule has 0 N–H and O–H groups in total. The summed E-state index contributed by atoms with van der Waals surface area (Å²) < 4.78 is 5.56. The van der Waals surface area contributed by atoms with Crippen LogP contribution in [-0.2, 0) is 0 Å². The summed E-state index contributed by atoms with van der Waals surface area (Å²) >= 11 is 0. The average Bonchev–Trinajstić information content (AvgIpc) is 2.14. The largest absolute Gasteiger partial charge is 0.493 e. The van der Waals surface area contributed by atoms with Crippen molar-refractivity contribution >= 4 is 0 Å². The van der Waals surface area contributed by atoms with Crippen molar-refractivity contribution in [1.29, 1.82) is 5.26 Å². The lowest BCUT2D eigenvalue weighted by molar-refractivity contribution is 0.198. The highest BCUT2D eigenvalue weighted by molar-refractivity contribution is 5.36. The predicted octanol–water partition coefficient (Wildman–Crippen LogP) is 2.98. The minimum atomic E-state index is 0.142. The highest BCUT2D eigenvalue weighted by atomic mass is 16.5. The minimum Gasteiger partial charge on any atom is -0.493 e. The van der Waals surface area contributed by atoms with E-state index >= 15 is 0 Å². The van der Waals surface area contributed by atoms with Gasteiger partial charge in [-0.15, -0.1) is 0 Å². The van der Waals surface area contributed by atoms with Crippen LogP contribution in [0.5, 0.6) is 5.75 Å². The van der Waals surface area contributed by atoms with Crippen LogP contribution in [0.15, 0.2) is 24.3 Å². The van der Waals surface area contributed by atoms with Gasteiger partial charge in [0.25, 0.3) is 0 Å². The highest BCUT2D eigenvalue weighted by Crippen LogP contribution is 2.18. The summed E-state index contributed by atoms with van der Waals surface area (Å²) in [6.07, 6.45) is 0. The average molecular weight is 189 g/mol. The summed E-state index contributed by atoms with van der Waals surface area (Å²) in [5, 5.41) is 8.68. The number of rotatable bonds is 2. The van der Waals surface area contributed by atoms with Crippen LogP contribution in [0, 0.1) is 16.7 Å². The first-order valence-electron chi connectivity index (χ1n) is 4.64. The van der Waals surface area contributed by atoms with Crippen molar-refractivity contribution < 1.29 is 4.74 Å². The van der Waals surface area contributed by atoms with Gasteiger partial charge in [-0.05, 0) is 23.6 Å². The van der Waals surface area contributed by atoms with Crippen LogP contribution in [-0.4, -0.2) is 6.61 Å². The van der Waals surface area contributed by atoms with E-state index in [1.807, 2.05) is 12.1 Å². The van der Waals surface area contributed by atoms with E-state index < -0.39 is 0 Å². The molecule has 0 radical (unpaired) electrons. The second-order valence-corrected chi connectivity index (χ2v) is 4.49. The van der Waals surface area contributed by atoms with Gasteiger partial charge in [-0.3, -0.25) is 0 Å². The third kappa shape index (κ3) is 3.49. The van der Waals surface area contributed by atoms with Gasteiger partial charge in [0.2, 0.25) is 0 Å². The van der Waals surface area contributed by atoms with Crippen molar-refractivity contribution in [3.63, 3.8) is 0 Å². The minimum absolute atomic E-state index is 0.142. The second kappa shape index (κ2) is 4.15. The van der Waals surface area contributed by atoms with Crippen molar-refractivity contribution in [2.75, 3.05) is 6.61 Å². The lowest BCUT2D eigenvalue weighted by Gasteiger charge is -2.18. The van der Waals surface area contributed by atoms with E-state index in [4.69, 9.17) is 10.00 Å². The number of hydrogen-bond donors (Lipinski definition) is 0. The van der Waals surface area contributed by atoms with Gasteiger partial charge >= 0.3 is 0 Å². The van der Waals surface area contributed by atoms with E-state index in [0.29, 0.717) is 12.2 Å². The fraction of sp³-hybridized carbons (Fsp3) is 0.417. The lowest BCUT2D eigenvalue weighted by atomic mass is 9.99. The number of nitriles is 1. The summed E-state index contributed by atoms with van der Waals surface area (Å²) in [7, 11) is 0. The van der Waals surface area contributed by atoms with Crippen LogP contribution in [0.4, 0.5) is 0 Å². The van der Waals surface area contributed by atoms with E-state index in [1.165, 1.54) is 0 Å². The molecule has 0 aliphatic heterocycles. The zero-order chi connectivity index (χ0) is 10.6. The fourth-order valence-corrected chi connectivity index (χ4v) is 0.955. The van der Waals surface area contributed by atoms with Gasteiger partial charge in [-0.2, -0.15) is 5.26 Å². The normalized spacial score (nSPS) is 10.7. The Morgan fingerprint density at radius 2 is 2.07 bits per heavy atom. The van der Waals surface area contributed by atoms with Gasteiger partial charge in [0.1, 0.15) is 5.75 Å². The maximum atomic E-state index is 8.68. The van der Waals surface area contributed by atoms with Gasteiger partial charge in [0.15, 0.2) is 0 Å². The summed E-state index contributed by atoms with van der Waals surface area (Å²) in [4.78, 5) is 0. The third-order valence-corrected chi connectivity index (χ3v) is 1.63. The number of hydrogen-bond acceptors (Lipinski definition) is 2. The second-order valence-electron chi connectivity index (χ2n) is 4.49. The number of benzene rings is 1. The van der Waals surface area contributed by atoms with E-state index in [0.717, 1.165) is 5.75 Å². The van der Waals surface area contributed by atoms with E-state index in [9.17, 15) is 0 Å². The monoisotopic (exact) mass is 189 g/mol. The van der Waals surface area contributed by atoms with Crippen molar-refractivity contribution in [2.45, 2.75) is 20.8 Å². The Labute approximate surface area is 85.1 Å². The van der Waals surface area contributed by atoms with Gasteiger partial charge in [-0.25, -0.2) is 0 Å². The molecule has 74 valence electrons. The van der Waals surface area contributed by atoms with Gasteiger partial charge in [0.05, 0.1) is 18.2 Å². The predicted molar refractivity (Wildman–Crippen MR) is 56.1 cm³/mol. The standard InChI is InChI=1S/C12H15NO/c1-12(2,3)9-14-11-6-4-5-10(7-11)8-13/h4-7H,9H2,1-3H3. The molecule has 2 nitrogen and oxygen atoms in total. The molecule has 0 amide bonds. The molecule has 0 aliphatic rings. The van der Waals surface area contributed by atoms with Crippen LogP contribution in [0.2, 0.25) is 0 Å². The summed E-state index contributed by atoms with van der Waals surface area (Å²) in [5.74, 6) is 0.763. The first-order valence-corrected chi connectivity index (χ1v) is 4.64. The Hall–Kier alpha value is -1.49. The summed E-state index contributed by atoms with van der Waals surface area (Å²) in [5.41, 5.74) is 0.777. The first-order chi connectivity index (χ1) is 6.51. The molecular weight excluding hydrogens is 174 g/mol. The Bertz CT molecular complexity index is 344. The van der Waals surface area contributed by atoms with Crippen LogP contribution in [0.25, 0.3) is 0 Å². The van der Waals surface area contributed by atoms with Gasteiger partial charge in [0, 0.05) is 0 Å². The quantitative estimate of drug-likeness (QED) is 0.716. The molecule has 14 heavy (non-hydrogen) atoms. The van der Waals surface area contributed by atoms with Crippen molar-refractivity contribution in [3.05, 3.63) is 29.8 Å². The molecular formula is C12H15NO.